The van der Waals surface area contributed by atoms with Crippen molar-refractivity contribution in [1.82, 2.24) is 4.98 Å². The molecular weight excluding hydrogens is 280 g/mol. The van der Waals surface area contributed by atoms with Gasteiger partial charge in [-0.25, -0.2) is 19.6 Å². The molecule has 0 amide bonds. The van der Waals surface area contributed by atoms with Crippen molar-refractivity contribution in [2.75, 3.05) is 5.43 Å². The van der Waals surface area contributed by atoms with Gasteiger partial charge < -0.3 is 5.43 Å². The van der Waals surface area contributed by atoms with Crippen LogP contribution in [0.1, 0.15) is 0 Å². The van der Waals surface area contributed by atoms with Crippen molar-refractivity contribution in [2.24, 2.45) is 5.84 Å². The number of hydrogen-bond acceptors (Lipinski definition) is 4. The molecule has 0 saturated heterocycles. The summed E-state index contributed by atoms with van der Waals surface area (Å²) in [6.45, 7) is 0. The molecule has 0 unspecified atom stereocenters. The molecular formula is C11H8ClF2N3S. The second kappa shape index (κ2) is 5.51. The molecule has 7 heteroatoms. The van der Waals surface area contributed by atoms with Gasteiger partial charge in [0.05, 0.1) is 0 Å². The zero-order chi connectivity index (χ0) is 13.1. The Kier molecular flexibility index (Phi) is 4.00. The van der Waals surface area contributed by atoms with Crippen LogP contribution in [0.15, 0.2) is 40.3 Å². The number of aromatic nitrogens is 1. The lowest BCUT2D eigenvalue weighted by Gasteiger charge is -2.06. The molecule has 2 aromatic rings. The lowest BCUT2D eigenvalue weighted by atomic mass is 10.4. The van der Waals surface area contributed by atoms with Crippen molar-refractivity contribution in [1.29, 1.82) is 0 Å². The predicted octanol–water partition coefficient (Wildman–Crippen LogP) is 3.45. The lowest BCUT2D eigenvalue weighted by molar-refractivity contribution is 0.551. The van der Waals surface area contributed by atoms with E-state index in [1.54, 1.807) is 24.3 Å². The molecule has 3 N–H and O–H groups in total. The zero-order valence-corrected chi connectivity index (χ0v) is 10.5. The highest BCUT2D eigenvalue weighted by Crippen LogP contribution is 2.31. The molecule has 0 aliphatic rings. The van der Waals surface area contributed by atoms with Crippen LogP contribution in [0.25, 0.3) is 0 Å². The van der Waals surface area contributed by atoms with Crippen LogP contribution in [-0.2, 0) is 0 Å². The average Bonchev–Trinajstić information content (AvgIpc) is 2.33. The fourth-order valence-corrected chi connectivity index (χ4v) is 2.37. The number of nitrogens with zero attached hydrogens (tertiary/aromatic N) is 1. The SMILES string of the molecule is NNc1nc(Sc2cccc(Cl)c2)c(F)cc1F. The molecule has 94 valence electrons. The van der Waals surface area contributed by atoms with E-state index in [1.165, 1.54) is 0 Å². The van der Waals surface area contributed by atoms with E-state index < -0.39 is 11.6 Å². The molecule has 0 radical (unpaired) electrons. The van der Waals surface area contributed by atoms with Crippen LogP contribution >= 0.6 is 23.4 Å². The smallest absolute Gasteiger partial charge is 0.177 e. The number of benzene rings is 1. The van der Waals surface area contributed by atoms with E-state index in [1.807, 2.05) is 0 Å². The Labute approximate surface area is 111 Å². The third-order valence-electron chi connectivity index (χ3n) is 2.04. The molecule has 18 heavy (non-hydrogen) atoms. The van der Waals surface area contributed by atoms with Crippen LogP contribution in [0, 0.1) is 11.6 Å². The van der Waals surface area contributed by atoms with Gasteiger partial charge >= 0.3 is 0 Å². The Bertz CT molecular complexity index is 580. The average molecular weight is 288 g/mol. The van der Waals surface area contributed by atoms with E-state index in [9.17, 15) is 8.78 Å². The van der Waals surface area contributed by atoms with E-state index in [0.29, 0.717) is 9.92 Å². The standard InChI is InChI=1S/C11H8ClF2N3S/c12-6-2-1-3-7(4-6)18-11-9(14)5-8(13)10(16-11)17-15/h1-5H,15H2,(H,16,17). The first kappa shape index (κ1) is 13.1. The van der Waals surface area contributed by atoms with E-state index in [4.69, 9.17) is 17.4 Å². The van der Waals surface area contributed by atoms with E-state index in [2.05, 4.69) is 10.4 Å². The first-order valence-electron chi connectivity index (χ1n) is 4.86. The molecule has 0 atom stereocenters. The Morgan fingerprint density at radius 2 is 2.00 bits per heavy atom. The number of halogens is 3. The minimum absolute atomic E-state index is 0.0200. The number of anilines is 1. The molecule has 0 aliphatic heterocycles. The summed E-state index contributed by atoms with van der Waals surface area (Å²) in [4.78, 5) is 4.45. The van der Waals surface area contributed by atoms with Crippen molar-refractivity contribution in [3.8, 4) is 0 Å². The van der Waals surface area contributed by atoms with Gasteiger partial charge in [-0.15, -0.1) is 0 Å². The Balaban J connectivity index is 2.34. The molecule has 0 bridgehead atoms. The quantitative estimate of drug-likeness (QED) is 0.670. The molecule has 3 nitrogen and oxygen atoms in total. The molecule has 2 rings (SSSR count). The lowest BCUT2D eigenvalue weighted by Crippen LogP contribution is -2.11. The Morgan fingerprint density at radius 3 is 2.67 bits per heavy atom. The zero-order valence-electron chi connectivity index (χ0n) is 8.95. The highest BCUT2D eigenvalue weighted by atomic mass is 35.5. The van der Waals surface area contributed by atoms with Crippen LogP contribution < -0.4 is 11.3 Å². The summed E-state index contributed by atoms with van der Waals surface area (Å²) >= 11 is 6.85. The summed E-state index contributed by atoms with van der Waals surface area (Å²) < 4.78 is 26.7. The molecule has 0 aliphatic carbocycles. The van der Waals surface area contributed by atoms with Crippen molar-refractivity contribution in [3.05, 3.63) is 47.0 Å². The van der Waals surface area contributed by atoms with Gasteiger partial charge in [0.15, 0.2) is 17.5 Å². The van der Waals surface area contributed by atoms with Crippen molar-refractivity contribution >= 4 is 29.2 Å². The van der Waals surface area contributed by atoms with Gasteiger partial charge in [-0.2, -0.15) is 0 Å². The second-order valence-electron chi connectivity index (χ2n) is 3.31. The van der Waals surface area contributed by atoms with E-state index in [-0.39, 0.29) is 10.8 Å². The summed E-state index contributed by atoms with van der Waals surface area (Å²) in [5.74, 6) is 3.28. The van der Waals surface area contributed by atoms with Crippen molar-refractivity contribution in [3.63, 3.8) is 0 Å². The molecule has 0 fully saturated rings. The van der Waals surface area contributed by atoms with Gasteiger partial charge in [-0.05, 0) is 18.2 Å². The Morgan fingerprint density at radius 1 is 1.22 bits per heavy atom. The number of hydrazine groups is 1. The summed E-state index contributed by atoms with van der Waals surface area (Å²) in [6, 6.07) is 7.57. The molecule has 0 spiro atoms. The number of nitrogens with one attached hydrogen (secondary N) is 1. The molecule has 0 saturated carbocycles. The number of rotatable bonds is 3. The largest absolute Gasteiger partial charge is 0.306 e. The van der Waals surface area contributed by atoms with Crippen LogP contribution in [-0.4, -0.2) is 4.98 Å². The van der Waals surface area contributed by atoms with Crippen molar-refractivity contribution < 1.29 is 8.78 Å². The first-order valence-corrected chi connectivity index (χ1v) is 6.05. The molecule has 1 heterocycles. The maximum Gasteiger partial charge on any atom is 0.177 e. The number of pyridine rings is 1. The minimum atomic E-state index is -0.842. The third kappa shape index (κ3) is 2.90. The van der Waals surface area contributed by atoms with Gasteiger partial charge in [0, 0.05) is 16.0 Å². The van der Waals surface area contributed by atoms with E-state index >= 15 is 0 Å². The third-order valence-corrected chi connectivity index (χ3v) is 3.25. The maximum absolute atomic E-state index is 13.5. The first-order chi connectivity index (χ1) is 8.60. The molecule has 1 aromatic carbocycles. The van der Waals surface area contributed by atoms with Crippen LogP contribution in [0.5, 0.6) is 0 Å². The van der Waals surface area contributed by atoms with Crippen LogP contribution in [0.2, 0.25) is 5.02 Å². The number of hydrogen-bond donors (Lipinski definition) is 2. The number of nitrogen functional groups attached to an aromatic ring is 1. The highest BCUT2D eigenvalue weighted by Gasteiger charge is 2.12. The van der Waals surface area contributed by atoms with Crippen molar-refractivity contribution in [2.45, 2.75) is 9.92 Å². The second-order valence-corrected chi connectivity index (χ2v) is 4.81. The summed E-state index contributed by atoms with van der Waals surface area (Å²) in [5, 5.41) is 0.548. The highest BCUT2D eigenvalue weighted by molar-refractivity contribution is 7.99. The maximum atomic E-state index is 13.5. The van der Waals surface area contributed by atoms with E-state index in [0.717, 1.165) is 17.8 Å². The van der Waals surface area contributed by atoms with Gasteiger partial charge in [0.1, 0.15) is 5.03 Å². The van der Waals surface area contributed by atoms with Gasteiger partial charge in [0.25, 0.3) is 0 Å². The predicted molar refractivity (Wildman–Crippen MR) is 67.5 cm³/mol. The fraction of sp³-hybridized carbons (Fsp3) is 0. The van der Waals surface area contributed by atoms with Crippen LogP contribution in [0.3, 0.4) is 0 Å². The molecule has 1 aromatic heterocycles. The summed E-state index contributed by atoms with van der Waals surface area (Å²) in [7, 11) is 0. The van der Waals surface area contributed by atoms with Crippen LogP contribution in [0.4, 0.5) is 14.6 Å². The summed E-state index contributed by atoms with van der Waals surface area (Å²) in [6.07, 6.45) is 0. The topological polar surface area (TPSA) is 50.9 Å². The monoisotopic (exact) mass is 287 g/mol. The fourth-order valence-electron chi connectivity index (χ4n) is 1.26. The summed E-state index contributed by atoms with van der Waals surface area (Å²) in [5.41, 5.74) is 2.07. The van der Waals surface area contributed by atoms with Gasteiger partial charge in [-0.3, -0.25) is 0 Å². The van der Waals surface area contributed by atoms with Gasteiger partial charge in [0.2, 0.25) is 0 Å². The van der Waals surface area contributed by atoms with Gasteiger partial charge in [-0.1, -0.05) is 29.4 Å². The minimum Gasteiger partial charge on any atom is -0.306 e. The normalized spacial score (nSPS) is 10.4. The number of nitrogens with two attached hydrogens (primary N) is 1. The Hall–Kier alpha value is -1.37.